The van der Waals surface area contributed by atoms with Gasteiger partial charge in [0.2, 0.25) is 12.5 Å². The van der Waals surface area contributed by atoms with Crippen molar-refractivity contribution >= 4 is 5.97 Å². The van der Waals surface area contributed by atoms with Crippen molar-refractivity contribution in [2.24, 2.45) is 11.8 Å². The van der Waals surface area contributed by atoms with Gasteiger partial charge in [-0.25, -0.2) is 0 Å². The molecule has 0 radical (unpaired) electrons. The second-order valence-corrected chi connectivity index (χ2v) is 10.3. The summed E-state index contributed by atoms with van der Waals surface area (Å²) in [5.74, 6) is -0.112. The van der Waals surface area contributed by atoms with E-state index in [2.05, 4.69) is 0 Å². The average molecular weight is 577 g/mol. The van der Waals surface area contributed by atoms with Crippen LogP contribution in [0.2, 0.25) is 0 Å². The summed E-state index contributed by atoms with van der Waals surface area (Å²) < 4.78 is 45.5. The van der Waals surface area contributed by atoms with Crippen molar-refractivity contribution < 1.29 is 63.1 Å². The third-order valence-corrected chi connectivity index (χ3v) is 8.29. The van der Waals surface area contributed by atoms with Crippen LogP contribution in [0, 0.1) is 11.8 Å². The lowest BCUT2D eigenvalue weighted by atomic mass is 9.66. The second-order valence-electron chi connectivity index (χ2n) is 10.3. The Bertz CT molecular complexity index is 1290. The molecule has 41 heavy (non-hydrogen) atoms. The number of carbonyl (C=O) groups excluding carboxylic acids is 1. The topological polar surface area (TPSA) is 172 Å². The van der Waals surface area contributed by atoms with Crippen LogP contribution in [-0.4, -0.2) is 98.4 Å². The highest BCUT2D eigenvalue weighted by atomic mass is 16.7. The van der Waals surface area contributed by atoms with Crippen molar-refractivity contribution in [2.45, 2.75) is 42.7 Å². The second kappa shape index (κ2) is 10.8. The van der Waals surface area contributed by atoms with Crippen LogP contribution in [0.5, 0.6) is 28.7 Å². The molecule has 3 aliphatic heterocycles. The molecule has 222 valence electrons. The summed E-state index contributed by atoms with van der Waals surface area (Å²) >= 11 is 0. The van der Waals surface area contributed by atoms with E-state index in [4.69, 9.17) is 37.9 Å². The van der Waals surface area contributed by atoms with E-state index in [0.717, 1.165) is 0 Å². The molecule has 0 amide bonds. The Balaban J connectivity index is 1.49. The first kappa shape index (κ1) is 27.8. The number of cyclic esters (lactones) is 1. The first-order valence-corrected chi connectivity index (χ1v) is 13.2. The maximum atomic E-state index is 13.4. The van der Waals surface area contributed by atoms with E-state index in [0.29, 0.717) is 45.4 Å². The van der Waals surface area contributed by atoms with Gasteiger partial charge in [0.15, 0.2) is 29.3 Å². The van der Waals surface area contributed by atoms with Crippen molar-refractivity contribution in [3.8, 4) is 28.7 Å². The number of ether oxygens (including phenoxy) is 8. The minimum Gasteiger partial charge on any atom is -0.493 e. The monoisotopic (exact) mass is 576 g/mol. The molecule has 13 nitrogen and oxygen atoms in total. The fourth-order valence-corrected chi connectivity index (χ4v) is 6.29. The Labute approximate surface area is 235 Å². The highest BCUT2D eigenvalue weighted by molar-refractivity contribution is 5.79. The van der Waals surface area contributed by atoms with Crippen molar-refractivity contribution in [1.82, 2.24) is 0 Å². The lowest BCUT2D eigenvalue weighted by Crippen LogP contribution is -2.59. The zero-order valence-electron chi connectivity index (χ0n) is 22.6. The normalized spacial score (nSPS) is 33.5. The van der Waals surface area contributed by atoms with Gasteiger partial charge in [-0.05, 0) is 41.0 Å². The van der Waals surface area contributed by atoms with Gasteiger partial charge in [0, 0.05) is 11.8 Å². The van der Waals surface area contributed by atoms with Gasteiger partial charge in [0.1, 0.15) is 24.4 Å². The number of rotatable bonds is 7. The Morgan fingerprint density at radius 2 is 1.51 bits per heavy atom. The van der Waals surface area contributed by atoms with Crippen LogP contribution in [-0.2, 0) is 19.0 Å². The number of aliphatic hydroxyl groups excluding tert-OH is 4. The summed E-state index contributed by atoms with van der Waals surface area (Å²) in [4.78, 5) is 13.4. The predicted octanol–water partition coefficient (Wildman–Crippen LogP) is 0.233. The van der Waals surface area contributed by atoms with Crippen LogP contribution in [0.3, 0.4) is 0 Å². The van der Waals surface area contributed by atoms with Crippen LogP contribution in [0.1, 0.15) is 28.7 Å². The fourth-order valence-electron chi connectivity index (χ4n) is 6.29. The number of methoxy groups -OCH3 is 3. The highest BCUT2D eigenvalue weighted by Gasteiger charge is 2.55. The third kappa shape index (κ3) is 4.44. The quantitative estimate of drug-likeness (QED) is 0.331. The van der Waals surface area contributed by atoms with E-state index in [1.54, 1.807) is 24.3 Å². The lowest BCUT2D eigenvalue weighted by Gasteiger charge is -2.44. The molecular formula is C28H32O13. The summed E-state index contributed by atoms with van der Waals surface area (Å²) in [7, 11) is 4.51. The number of benzene rings is 2. The molecule has 0 spiro atoms. The predicted molar refractivity (Wildman–Crippen MR) is 136 cm³/mol. The lowest BCUT2D eigenvalue weighted by molar-refractivity contribution is -0.317. The highest BCUT2D eigenvalue weighted by Crippen LogP contribution is 2.57. The van der Waals surface area contributed by atoms with Gasteiger partial charge in [-0.3, -0.25) is 4.79 Å². The molecule has 9 atom stereocenters. The molecule has 6 rings (SSSR count). The SMILES string of the molecule is COc1cc([C@@H]2c3cc4c(cc3[C@@H](O[C@H]3O[C@@H](CO)[C@H](O)[C@@H](O)[C@@H]3O)[C@@H]3COC(=O)[C@@H]23)OCO4)cc(OC)c1OC. The standard InChI is InChI=1S/C28H32O13/c1-34-17-4-11(5-18(35-2)26(17)36-3)20-12-6-15-16(39-10-38-15)7-13(12)25(14-9-37-27(33)21(14)20)41-28-24(32)23(31)22(30)19(8-29)40-28/h4-7,14,19-25,28-32H,8-10H2,1-3H3/t14-,19+,20-,21-,22+,23-,24+,25-,28-/m1/s1. The van der Waals surface area contributed by atoms with E-state index >= 15 is 0 Å². The van der Waals surface area contributed by atoms with Crippen LogP contribution in [0.15, 0.2) is 24.3 Å². The maximum absolute atomic E-state index is 13.4. The summed E-state index contributed by atoms with van der Waals surface area (Å²) in [6.07, 6.45) is -8.26. The summed E-state index contributed by atoms with van der Waals surface area (Å²) in [5.41, 5.74) is 2.00. The third-order valence-electron chi connectivity index (χ3n) is 8.29. The molecule has 13 heteroatoms. The fraction of sp³-hybridized carbons (Fsp3) is 0.536. The van der Waals surface area contributed by atoms with Crippen LogP contribution >= 0.6 is 0 Å². The average Bonchev–Trinajstić information content (AvgIpc) is 3.61. The molecule has 1 aliphatic carbocycles. The van der Waals surface area contributed by atoms with Crippen molar-refractivity contribution in [3.63, 3.8) is 0 Å². The molecule has 2 aromatic rings. The number of aliphatic hydroxyl groups is 4. The van der Waals surface area contributed by atoms with E-state index in [-0.39, 0.29) is 13.4 Å². The maximum Gasteiger partial charge on any atom is 0.310 e. The Hall–Kier alpha value is -3.33. The molecular weight excluding hydrogens is 544 g/mol. The van der Waals surface area contributed by atoms with Gasteiger partial charge < -0.3 is 58.3 Å². The summed E-state index contributed by atoms with van der Waals surface area (Å²) in [6.45, 7) is -0.581. The number of hydrogen-bond donors (Lipinski definition) is 4. The molecule has 4 N–H and O–H groups in total. The van der Waals surface area contributed by atoms with E-state index in [9.17, 15) is 25.2 Å². The molecule has 4 aliphatic rings. The van der Waals surface area contributed by atoms with E-state index in [1.807, 2.05) is 0 Å². The van der Waals surface area contributed by atoms with Crippen LogP contribution < -0.4 is 23.7 Å². The van der Waals surface area contributed by atoms with Crippen molar-refractivity contribution in [3.05, 3.63) is 41.0 Å². The zero-order chi connectivity index (χ0) is 29.0. The van der Waals surface area contributed by atoms with Crippen LogP contribution in [0.25, 0.3) is 0 Å². The van der Waals surface area contributed by atoms with Gasteiger partial charge in [-0.15, -0.1) is 0 Å². The van der Waals surface area contributed by atoms with E-state index < -0.39 is 67.1 Å². The molecule has 2 fully saturated rings. The number of hydrogen-bond acceptors (Lipinski definition) is 13. The van der Waals surface area contributed by atoms with Gasteiger partial charge in [-0.1, -0.05) is 0 Å². The Morgan fingerprint density at radius 3 is 2.12 bits per heavy atom. The zero-order valence-corrected chi connectivity index (χ0v) is 22.6. The Kier molecular flexibility index (Phi) is 7.34. The van der Waals surface area contributed by atoms with Crippen molar-refractivity contribution in [2.75, 3.05) is 41.3 Å². The molecule has 2 saturated heterocycles. The first-order chi connectivity index (χ1) is 19.8. The van der Waals surface area contributed by atoms with Crippen molar-refractivity contribution in [1.29, 1.82) is 0 Å². The Morgan fingerprint density at radius 1 is 0.854 bits per heavy atom. The summed E-state index contributed by atoms with van der Waals surface area (Å²) in [5, 5.41) is 41.0. The minimum absolute atomic E-state index is 0.0141. The van der Waals surface area contributed by atoms with Gasteiger partial charge >= 0.3 is 5.97 Å². The molecule has 0 aromatic heterocycles. The van der Waals surface area contributed by atoms with Crippen LogP contribution in [0.4, 0.5) is 0 Å². The van der Waals surface area contributed by atoms with Gasteiger partial charge in [0.25, 0.3) is 0 Å². The number of fused-ring (bicyclic) bond motifs is 3. The number of esters is 1. The molecule has 0 unspecified atom stereocenters. The van der Waals surface area contributed by atoms with Gasteiger partial charge in [0.05, 0.1) is 46.6 Å². The molecule has 3 heterocycles. The molecule has 0 bridgehead atoms. The largest absolute Gasteiger partial charge is 0.493 e. The van der Waals surface area contributed by atoms with E-state index in [1.165, 1.54) is 21.3 Å². The minimum atomic E-state index is -1.63. The smallest absolute Gasteiger partial charge is 0.310 e. The van der Waals surface area contributed by atoms with Gasteiger partial charge in [-0.2, -0.15) is 0 Å². The number of carbonyl (C=O) groups is 1. The summed E-state index contributed by atoms with van der Waals surface area (Å²) in [6, 6.07) is 7.11. The first-order valence-electron chi connectivity index (χ1n) is 13.2. The molecule has 2 aromatic carbocycles. The molecule has 0 saturated carbocycles.